The average molecular weight is 427 g/mol. The predicted octanol–water partition coefficient (Wildman–Crippen LogP) is 3.11. The Hall–Kier alpha value is -0.730. The Morgan fingerprint density at radius 1 is 1.45 bits per heavy atom. The normalized spacial score (nSPS) is 30.6. The second kappa shape index (κ2) is 5.72. The van der Waals surface area contributed by atoms with Gasteiger partial charge in [-0.15, -0.1) is 11.3 Å². The van der Waals surface area contributed by atoms with Gasteiger partial charge in [-0.05, 0) is 67.4 Å². The molecule has 2 bridgehead atoms. The first-order valence-corrected chi connectivity index (χ1v) is 9.67. The number of hydrogen-bond acceptors (Lipinski definition) is 4. The summed E-state index contributed by atoms with van der Waals surface area (Å²) in [6.07, 6.45) is 4.21. The zero-order valence-electron chi connectivity index (χ0n) is 12.4. The van der Waals surface area contributed by atoms with E-state index in [1.54, 1.807) is 11.3 Å². The van der Waals surface area contributed by atoms with Crippen LogP contribution in [0.3, 0.4) is 0 Å². The lowest BCUT2D eigenvalue weighted by atomic mass is 9.79. The van der Waals surface area contributed by atoms with Crippen molar-refractivity contribution in [2.75, 3.05) is 13.1 Å². The van der Waals surface area contributed by atoms with Crippen molar-refractivity contribution in [3.05, 3.63) is 26.9 Å². The van der Waals surface area contributed by atoms with Gasteiger partial charge in [0.15, 0.2) is 0 Å². The number of aromatic nitrogens is 1. The third kappa shape index (κ3) is 2.45. The molecule has 4 nitrogen and oxygen atoms in total. The van der Waals surface area contributed by atoms with Crippen LogP contribution in [0.5, 0.6) is 0 Å². The van der Waals surface area contributed by atoms with E-state index in [-0.39, 0.29) is 11.9 Å². The van der Waals surface area contributed by atoms with Crippen LogP contribution in [0.15, 0.2) is 17.6 Å². The Morgan fingerprint density at radius 3 is 2.95 bits per heavy atom. The van der Waals surface area contributed by atoms with E-state index in [9.17, 15) is 4.79 Å². The van der Waals surface area contributed by atoms with E-state index in [0.717, 1.165) is 10.1 Å². The molecule has 0 radical (unpaired) electrons. The quantitative estimate of drug-likeness (QED) is 0.750. The second-order valence-electron chi connectivity index (χ2n) is 6.26. The highest BCUT2D eigenvalue weighted by atomic mass is 127. The minimum atomic E-state index is -0.0329. The van der Waals surface area contributed by atoms with E-state index in [2.05, 4.69) is 50.1 Å². The van der Waals surface area contributed by atoms with Crippen LogP contribution in [0.2, 0.25) is 0 Å². The van der Waals surface area contributed by atoms with Gasteiger partial charge in [-0.25, -0.2) is 4.98 Å². The van der Waals surface area contributed by atoms with E-state index >= 15 is 0 Å². The van der Waals surface area contributed by atoms with Gasteiger partial charge in [-0.1, -0.05) is 0 Å². The number of nitrogens with zero attached hydrogens (tertiary/aromatic N) is 2. The van der Waals surface area contributed by atoms with E-state index in [4.69, 9.17) is 0 Å². The first-order chi connectivity index (χ1) is 10.6. The summed E-state index contributed by atoms with van der Waals surface area (Å²) in [7, 11) is 0. The van der Waals surface area contributed by atoms with E-state index in [1.165, 1.54) is 29.5 Å². The third-order valence-corrected chi connectivity index (χ3v) is 7.37. The molecule has 116 valence electrons. The number of pyridine rings is 1. The van der Waals surface area contributed by atoms with Crippen LogP contribution in [-0.2, 0) is 0 Å². The van der Waals surface area contributed by atoms with Gasteiger partial charge >= 0.3 is 0 Å². The number of rotatable bonds is 2. The fourth-order valence-corrected chi connectivity index (χ4v) is 5.57. The van der Waals surface area contributed by atoms with Crippen LogP contribution in [0, 0.1) is 9.49 Å². The summed E-state index contributed by atoms with van der Waals surface area (Å²) >= 11 is 3.98. The van der Waals surface area contributed by atoms with Crippen molar-refractivity contribution >= 4 is 49.9 Å². The van der Waals surface area contributed by atoms with Crippen LogP contribution in [0.25, 0.3) is 10.1 Å². The molecule has 2 aromatic heterocycles. The number of nitrogens with one attached hydrogen (secondary N) is 1. The molecule has 2 aromatic rings. The molecule has 22 heavy (non-hydrogen) atoms. The van der Waals surface area contributed by atoms with Crippen LogP contribution >= 0.6 is 33.9 Å². The predicted molar refractivity (Wildman–Crippen MR) is 97.4 cm³/mol. The van der Waals surface area contributed by atoms with Crippen molar-refractivity contribution in [2.24, 2.45) is 5.92 Å². The first kappa shape index (κ1) is 14.8. The van der Waals surface area contributed by atoms with Crippen molar-refractivity contribution in [3.63, 3.8) is 0 Å². The van der Waals surface area contributed by atoms with Gasteiger partial charge in [0, 0.05) is 32.6 Å². The third-order valence-electron chi connectivity index (χ3n) is 5.12. The molecular weight excluding hydrogens is 409 g/mol. The topological polar surface area (TPSA) is 45.2 Å². The average Bonchev–Trinajstić information content (AvgIpc) is 2.92. The number of halogens is 1. The van der Waals surface area contributed by atoms with Crippen LogP contribution < -0.4 is 5.32 Å². The number of carbonyl (C=O) groups excluding carboxylic acids is 1. The highest BCUT2D eigenvalue weighted by Gasteiger charge is 2.40. The monoisotopic (exact) mass is 427 g/mol. The fraction of sp³-hybridized carbons (Fsp3) is 0.500. The van der Waals surface area contributed by atoms with Gasteiger partial charge in [0.25, 0.3) is 5.91 Å². The molecule has 0 saturated carbocycles. The smallest absolute Gasteiger partial charge is 0.270 e. The Morgan fingerprint density at radius 2 is 2.23 bits per heavy atom. The van der Waals surface area contributed by atoms with Gasteiger partial charge in [-0.2, -0.15) is 0 Å². The molecule has 3 aliphatic heterocycles. The lowest BCUT2D eigenvalue weighted by Crippen LogP contribution is -2.62. The highest BCUT2D eigenvalue weighted by molar-refractivity contribution is 14.1. The van der Waals surface area contributed by atoms with Crippen LogP contribution in [0.1, 0.15) is 30.3 Å². The number of amides is 1. The highest BCUT2D eigenvalue weighted by Crippen LogP contribution is 2.32. The summed E-state index contributed by atoms with van der Waals surface area (Å²) in [6, 6.07) is 2.62. The maximum Gasteiger partial charge on any atom is 0.270 e. The number of fused-ring (bicyclic) bond motifs is 4. The maximum absolute atomic E-state index is 12.6. The molecule has 0 spiro atoms. The zero-order valence-corrected chi connectivity index (χ0v) is 15.4. The molecule has 1 N–H and O–H groups in total. The summed E-state index contributed by atoms with van der Waals surface area (Å²) in [5.41, 5.74) is 0.535. The molecule has 3 saturated heterocycles. The lowest BCUT2D eigenvalue weighted by molar-refractivity contribution is 0.0216. The number of hydrogen-bond donors (Lipinski definition) is 1. The zero-order chi connectivity index (χ0) is 15.3. The molecule has 6 heteroatoms. The minimum Gasteiger partial charge on any atom is -0.346 e. The van der Waals surface area contributed by atoms with Gasteiger partial charge in [0.2, 0.25) is 0 Å². The molecule has 0 aliphatic carbocycles. The molecule has 5 rings (SSSR count). The van der Waals surface area contributed by atoms with Gasteiger partial charge in [0.05, 0.1) is 4.70 Å². The number of piperidine rings is 3. The Balaban J connectivity index is 1.57. The van der Waals surface area contributed by atoms with Crippen molar-refractivity contribution in [1.29, 1.82) is 0 Å². The molecule has 2 atom stereocenters. The second-order valence-corrected chi connectivity index (χ2v) is 8.34. The number of thiophene rings is 1. The standard InChI is InChI=1S/C16H18IN3OS/c1-9-15(10-2-4-20(9)5-3-10)19-16(21)13-6-11-12(17)8-22-14(11)7-18-13/h6-10,15H,2-5H2,1H3,(H,19,21)/t9-,15-/m0/s1. The molecule has 3 aliphatic rings. The van der Waals surface area contributed by atoms with Crippen molar-refractivity contribution in [1.82, 2.24) is 15.2 Å². The van der Waals surface area contributed by atoms with Crippen molar-refractivity contribution in [2.45, 2.75) is 31.8 Å². The van der Waals surface area contributed by atoms with E-state index in [0.29, 0.717) is 17.7 Å². The summed E-state index contributed by atoms with van der Waals surface area (Å²) in [4.78, 5) is 19.5. The number of carbonyl (C=O) groups is 1. The molecule has 0 unspecified atom stereocenters. The van der Waals surface area contributed by atoms with Crippen LogP contribution in [0.4, 0.5) is 0 Å². The molecule has 5 heterocycles. The lowest BCUT2D eigenvalue weighted by Gasteiger charge is -2.49. The van der Waals surface area contributed by atoms with Crippen LogP contribution in [-0.4, -0.2) is 41.0 Å². The fourth-order valence-electron chi connectivity index (χ4n) is 3.80. The van der Waals surface area contributed by atoms with Gasteiger partial charge in [0.1, 0.15) is 5.69 Å². The molecule has 0 aromatic carbocycles. The van der Waals surface area contributed by atoms with E-state index in [1.807, 2.05) is 12.3 Å². The van der Waals surface area contributed by atoms with Crippen molar-refractivity contribution in [3.8, 4) is 0 Å². The largest absolute Gasteiger partial charge is 0.346 e. The van der Waals surface area contributed by atoms with E-state index < -0.39 is 0 Å². The summed E-state index contributed by atoms with van der Waals surface area (Å²) < 4.78 is 2.32. The Kier molecular flexibility index (Phi) is 3.86. The summed E-state index contributed by atoms with van der Waals surface area (Å²) in [5.74, 6) is 0.587. The maximum atomic E-state index is 12.6. The molecule has 1 amide bonds. The van der Waals surface area contributed by atoms with Gasteiger partial charge < -0.3 is 5.32 Å². The summed E-state index contributed by atoms with van der Waals surface area (Å²) in [6.45, 7) is 4.58. The molecular formula is C16H18IN3OS. The Bertz CT molecular complexity index is 721. The molecule has 3 fully saturated rings. The first-order valence-electron chi connectivity index (χ1n) is 7.71. The van der Waals surface area contributed by atoms with Gasteiger partial charge in [-0.3, -0.25) is 9.69 Å². The SMILES string of the molecule is C[C@H]1[C@H](NC(=O)c2cc3c(I)csc3cn2)C2CCN1CC2. The van der Waals surface area contributed by atoms with Crippen molar-refractivity contribution < 1.29 is 4.79 Å². The minimum absolute atomic E-state index is 0.0329. The Labute approximate surface area is 147 Å². The summed E-state index contributed by atoms with van der Waals surface area (Å²) in [5, 5.41) is 6.48.